The molecule has 5 nitrogen and oxygen atoms in total. The first-order valence-corrected chi connectivity index (χ1v) is 11.5. The van der Waals surface area contributed by atoms with E-state index >= 15 is 0 Å². The second-order valence-corrected chi connectivity index (χ2v) is 10.2. The number of benzene rings is 1. The maximum absolute atomic E-state index is 12.8. The number of carbonyl (C=O) groups is 2. The predicted molar refractivity (Wildman–Crippen MR) is 123 cm³/mol. The molecular formula is C24H32N2O3S. The van der Waals surface area contributed by atoms with Gasteiger partial charge in [0.1, 0.15) is 10.8 Å². The van der Waals surface area contributed by atoms with Crippen LogP contribution in [0.4, 0.5) is 5.00 Å². The zero-order valence-electron chi connectivity index (χ0n) is 18.3. The van der Waals surface area contributed by atoms with Crippen LogP contribution in [0.1, 0.15) is 78.1 Å². The van der Waals surface area contributed by atoms with Crippen LogP contribution in [0, 0.1) is 11.3 Å². The van der Waals surface area contributed by atoms with Gasteiger partial charge in [0.05, 0.1) is 12.2 Å². The van der Waals surface area contributed by atoms with Crippen molar-refractivity contribution >= 4 is 28.2 Å². The first-order chi connectivity index (χ1) is 14.2. The molecule has 1 aromatic heterocycles. The molecule has 0 saturated heterocycles. The molecule has 0 spiro atoms. The second kappa shape index (κ2) is 9.21. The number of hydrogen-bond acceptors (Lipinski definition) is 4. The molecule has 0 unspecified atom stereocenters. The van der Waals surface area contributed by atoms with Crippen LogP contribution in [-0.2, 0) is 12.8 Å². The van der Waals surface area contributed by atoms with Gasteiger partial charge in [-0.15, -0.1) is 11.3 Å². The molecule has 1 aliphatic rings. The van der Waals surface area contributed by atoms with Gasteiger partial charge in [-0.05, 0) is 66.8 Å². The van der Waals surface area contributed by atoms with E-state index in [-0.39, 0.29) is 11.3 Å². The fourth-order valence-electron chi connectivity index (χ4n) is 3.89. The molecule has 0 radical (unpaired) electrons. The summed E-state index contributed by atoms with van der Waals surface area (Å²) in [6.07, 6.45) is 4.84. The summed E-state index contributed by atoms with van der Waals surface area (Å²) in [7, 11) is 0. The molecule has 2 aromatic rings. The van der Waals surface area contributed by atoms with E-state index in [1.807, 2.05) is 0 Å². The van der Waals surface area contributed by atoms with Crippen LogP contribution < -0.4 is 15.8 Å². The number of primary amides is 1. The molecule has 0 aliphatic heterocycles. The van der Waals surface area contributed by atoms with Gasteiger partial charge in [-0.3, -0.25) is 9.59 Å². The first kappa shape index (κ1) is 22.3. The van der Waals surface area contributed by atoms with Crippen LogP contribution in [0.25, 0.3) is 0 Å². The molecule has 1 heterocycles. The Hall–Kier alpha value is -2.34. The molecule has 3 rings (SSSR count). The molecule has 30 heavy (non-hydrogen) atoms. The van der Waals surface area contributed by atoms with Crippen molar-refractivity contribution in [1.29, 1.82) is 0 Å². The number of amides is 2. The molecule has 3 N–H and O–H groups in total. The van der Waals surface area contributed by atoms with Crippen molar-refractivity contribution in [2.24, 2.45) is 17.1 Å². The highest BCUT2D eigenvalue weighted by molar-refractivity contribution is 7.17. The van der Waals surface area contributed by atoms with Gasteiger partial charge in [-0.1, -0.05) is 34.1 Å². The van der Waals surface area contributed by atoms with Crippen molar-refractivity contribution in [3.8, 4) is 5.75 Å². The number of fused-ring (bicyclic) bond motifs is 1. The molecular weight excluding hydrogens is 396 g/mol. The summed E-state index contributed by atoms with van der Waals surface area (Å²) in [5.41, 5.74) is 7.92. The van der Waals surface area contributed by atoms with E-state index in [1.54, 1.807) is 24.3 Å². The van der Waals surface area contributed by atoms with Gasteiger partial charge in [0.15, 0.2) is 0 Å². The number of unbranched alkanes of at least 4 members (excludes halogenated alkanes) is 1. The lowest BCUT2D eigenvalue weighted by molar-refractivity contribution is 0.1000. The van der Waals surface area contributed by atoms with Gasteiger partial charge in [0, 0.05) is 10.4 Å². The molecule has 1 aliphatic carbocycles. The van der Waals surface area contributed by atoms with Gasteiger partial charge in [-0.2, -0.15) is 0 Å². The molecule has 162 valence electrons. The van der Waals surface area contributed by atoms with E-state index < -0.39 is 5.91 Å². The quantitative estimate of drug-likeness (QED) is 0.577. The largest absolute Gasteiger partial charge is 0.494 e. The Morgan fingerprint density at radius 1 is 1.23 bits per heavy atom. The SMILES string of the molecule is CCCCOc1ccc(C(=O)Nc2sc3c(c2C(N)=O)CC[C@@H](C(C)(C)C)C3)cc1. The Kier molecular flexibility index (Phi) is 6.86. The summed E-state index contributed by atoms with van der Waals surface area (Å²) in [5.74, 6) is 0.575. The summed E-state index contributed by atoms with van der Waals surface area (Å²) in [6.45, 7) is 9.54. The number of ether oxygens (including phenoxy) is 1. The number of thiophene rings is 1. The van der Waals surface area contributed by atoms with E-state index in [0.717, 1.165) is 43.4 Å². The maximum Gasteiger partial charge on any atom is 0.256 e. The number of nitrogens with two attached hydrogens (primary N) is 1. The zero-order valence-corrected chi connectivity index (χ0v) is 19.2. The Morgan fingerprint density at radius 2 is 1.93 bits per heavy atom. The van der Waals surface area contributed by atoms with Crippen molar-refractivity contribution in [2.45, 2.75) is 59.8 Å². The minimum Gasteiger partial charge on any atom is -0.494 e. The van der Waals surface area contributed by atoms with Crippen LogP contribution in [0.15, 0.2) is 24.3 Å². The van der Waals surface area contributed by atoms with Crippen molar-refractivity contribution in [1.82, 2.24) is 0 Å². The molecule has 2 amide bonds. The van der Waals surface area contributed by atoms with Gasteiger partial charge in [0.25, 0.3) is 11.8 Å². The predicted octanol–water partition coefficient (Wildman–Crippen LogP) is 5.43. The van der Waals surface area contributed by atoms with Gasteiger partial charge < -0.3 is 15.8 Å². The fourth-order valence-corrected chi connectivity index (χ4v) is 5.21. The van der Waals surface area contributed by atoms with Crippen molar-refractivity contribution in [3.63, 3.8) is 0 Å². The van der Waals surface area contributed by atoms with Crippen molar-refractivity contribution in [3.05, 3.63) is 45.8 Å². The smallest absolute Gasteiger partial charge is 0.256 e. The van der Waals surface area contributed by atoms with Gasteiger partial charge in [-0.25, -0.2) is 0 Å². The number of nitrogens with one attached hydrogen (secondary N) is 1. The summed E-state index contributed by atoms with van der Waals surface area (Å²) >= 11 is 1.49. The Bertz CT molecular complexity index is 910. The number of carbonyl (C=O) groups excluding carboxylic acids is 2. The lowest BCUT2D eigenvalue weighted by Crippen LogP contribution is -2.27. The van der Waals surface area contributed by atoms with Crippen LogP contribution >= 0.6 is 11.3 Å². The summed E-state index contributed by atoms with van der Waals surface area (Å²) in [4.78, 5) is 26.2. The van der Waals surface area contributed by atoms with E-state index in [0.29, 0.717) is 28.7 Å². The summed E-state index contributed by atoms with van der Waals surface area (Å²) in [6, 6.07) is 7.08. The third-order valence-electron chi connectivity index (χ3n) is 5.85. The van der Waals surface area contributed by atoms with Crippen LogP contribution in [0.3, 0.4) is 0 Å². The lowest BCUT2D eigenvalue weighted by atomic mass is 9.72. The minimum absolute atomic E-state index is 0.207. The average molecular weight is 429 g/mol. The van der Waals surface area contributed by atoms with E-state index in [1.165, 1.54) is 16.2 Å². The highest BCUT2D eigenvalue weighted by atomic mass is 32.1. The van der Waals surface area contributed by atoms with Gasteiger partial charge in [0.2, 0.25) is 0 Å². The molecule has 6 heteroatoms. The van der Waals surface area contributed by atoms with Crippen molar-refractivity contribution in [2.75, 3.05) is 11.9 Å². The Balaban J connectivity index is 1.77. The molecule has 1 atom stereocenters. The van der Waals surface area contributed by atoms with Crippen molar-refractivity contribution < 1.29 is 14.3 Å². The second-order valence-electron chi connectivity index (χ2n) is 9.06. The number of hydrogen-bond donors (Lipinski definition) is 2. The Labute approximate surface area is 183 Å². The highest BCUT2D eigenvalue weighted by Gasteiger charge is 2.33. The van der Waals surface area contributed by atoms with Crippen LogP contribution in [0.5, 0.6) is 5.75 Å². The number of anilines is 1. The third-order valence-corrected chi connectivity index (χ3v) is 7.02. The van der Waals surface area contributed by atoms with Gasteiger partial charge >= 0.3 is 0 Å². The molecule has 1 aromatic carbocycles. The minimum atomic E-state index is -0.475. The molecule has 0 bridgehead atoms. The van der Waals surface area contributed by atoms with E-state index in [4.69, 9.17) is 10.5 Å². The monoisotopic (exact) mass is 428 g/mol. The van der Waals surface area contributed by atoms with Crippen LogP contribution in [0.2, 0.25) is 0 Å². The average Bonchev–Trinajstić information content (AvgIpc) is 3.05. The number of rotatable bonds is 7. The van der Waals surface area contributed by atoms with E-state index in [9.17, 15) is 9.59 Å². The normalized spacial score (nSPS) is 16.1. The highest BCUT2D eigenvalue weighted by Crippen LogP contribution is 2.44. The topological polar surface area (TPSA) is 81.4 Å². The standard InChI is InChI=1S/C24H32N2O3S/c1-5-6-13-29-17-10-7-15(8-11-17)22(28)26-23-20(21(25)27)18-12-9-16(24(2,3)4)14-19(18)30-23/h7-8,10-11,16H,5-6,9,12-14H2,1-4H3,(H2,25,27)(H,26,28)/t16-/m1/s1. The zero-order chi connectivity index (χ0) is 21.9. The fraction of sp³-hybridized carbons (Fsp3) is 0.500. The summed E-state index contributed by atoms with van der Waals surface area (Å²) < 4.78 is 5.65. The lowest BCUT2D eigenvalue weighted by Gasteiger charge is -2.33. The third kappa shape index (κ3) is 5.04. The Morgan fingerprint density at radius 3 is 2.53 bits per heavy atom. The molecule has 0 saturated carbocycles. The maximum atomic E-state index is 12.8. The van der Waals surface area contributed by atoms with Crippen LogP contribution in [-0.4, -0.2) is 18.4 Å². The first-order valence-electron chi connectivity index (χ1n) is 10.7. The molecule has 0 fully saturated rings. The van der Waals surface area contributed by atoms with E-state index in [2.05, 4.69) is 33.0 Å². The summed E-state index contributed by atoms with van der Waals surface area (Å²) in [5, 5.41) is 3.49.